The third kappa shape index (κ3) is 3.09. The highest BCUT2D eigenvalue weighted by molar-refractivity contribution is 8.00. The lowest BCUT2D eigenvalue weighted by Gasteiger charge is -2.12. The minimum absolute atomic E-state index is 0.307. The average molecular weight is 519 g/mol. The molecule has 1 aromatic heterocycles. The lowest BCUT2D eigenvalue weighted by molar-refractivity contribution is 0.935. The summed E-state index contributed by atoms with van der Waals surface area (Å²) in [4.78, 5) is 2.47. The Bertz CT molecular complexity index is 1990. The first-order valence-corrected chi connectivity index (χ1v) is 14.1. The fraction of sp³-hybridized carbons (Fsp3) is 0.161. The van der Waals surface area contributed by atoms with Gasteiger partial charge < -0.3 is 11.6 Å². The van der Waals surface area contributed by atoms with E-state index in [9.17, 15) is 5.41 Å². The second-order valence-electron chi connectivity index (χ2n) is 10.1. The Balaban J connectivity index is 1.48. The number of thiophene rings is 1. The quantitative estimate of drug-likeness (QED) is 0.132. The summed E-state index contributed by atoms with van der Waals surface area (Å²) in [6, 6.07) is 19.0. The minimum Gasteiger partial charge on any atom is -0.399 e. The Morgan fingerprint density at radius 3 is 2.30 bits per heavy atom. The fourth-order valence-electron chi connectivity index (χ4n) is 6.07. The Morgan fingerprint density at radius 2 is 1.59 bits per heavy atom. The number of fused-ring (bicyclic) bond motifs is 6. The second kappa shape index (κ2) is 7.94. The summed E-state index contributed by atoms with van der Waals surface area (Å²) in [6.45, 7) is 6.46. The number of nitrogen functional groups attached to an aromatic ring is 1. The van der Waals surface area contributed by atoms with E-state index in [4.69, 9.17) is 11.6 Å². The Kier molecular flexibility index (Phi) is 4.85. The maximum atomic E-state index is 9.22. The molecular formula is C31H26N4S2. The molecule has 37 heavy (non-hydrogen) atoms. The first kappa shape index (κ1) is 22.6. The number of rotatable bonds is 2. The van der Waals surface area contributed by atoms with Crippen molar-refractivity contribution in [2.45, 2.75) is 37.3 Å². The summed E-state index contributed by atoms with van der Waals surface area (Å²) in [5.41, 5.74) is 14.0. The maximum Gasteiger partial charge on any atom is 0.0952 e. The van der Waals surface area contributed by atoms with Crippen molar-refractivity contribution >= 4 is 60.4 Å². The smallest absolute Gasteiger partial charge is 0.0952 e. The zero-order chi connectivity index (χ0) is 25.6. The van der Waals surface area contributed by atoms with Crippen molar-refractivity contribution in [1.82, 2.24) is 0 Å². The molecule has 1 aliphatic heterocycles. The van der Waals surface area contributed by atoms with E-state index in [1.165, 1.54) is 53.1 Å². The van der Waals surface area contributed by atoms with Crippen LogP contribution in [-0.2, 0) is 6.42 Å². The Labute approximate surface area is 222 Å². The summed E-state index contributed by atoms with van der Waals surface area (Å²) in [6.07, 6.45) is 0.886. The summed E-state index contributed by atoms with van der Waals surface area (Å²) in [5.74, 6) is 6.08. The van der Waals surface area contributed by atoms with Gasteiger partial charge in [0, 0.05) is 52.3 Å². The van der Waals surface area contributed by atoms with E-state index < -0.39 is 0 Å². The van der Waals surface area contributed by atoms with Crippen molar-refractivity contribution in [2.75, 3.05) is 5.73 Å². The number of aryl methyl sites for hydroxylation is 3. The second-order valence-corrected chi connectivity index (χ2v) is 12.4. The van der Waals surface area contributed by atoms with Crippen LogP contribution >= 0.6 is 23.1 Å². The normalized spacial score (nSPS) is 16.0. The minimum atomic E-state index is 0.307. The molecule has 0 fully saturated rings. The van der Waals surface area contributed by atoms with Crippen molar-refractivity contribution in [3.05, 3.63) is 93.1 Å². The molecule has 0 amide bonds. The van der Waals surface area contributed by atoms with Crippen LogP contribution in [0.1, 0.15) is 33.1 Å². The number of nitrogens with two attached hydrogens (primary N) is 2. The third-order valence-corrected chi connectivity index (χ3v) is 10.5. The number of anilines is 1. The molecule has 5 N–H and O–H groups in total. The topological polar surface area (TPSA) is 88.2 Å². The van der Waals surface area contributed by atoms with Crippen LogP contribution in [0.15, 0.2) is 64.6 Å². The van der Waals surface area contributed by atoms with Crippen LogP contribution in [0.3, 0.4) is 0 Å². The maximum absolute atomic E-state index is 9.22. The monoisotopic (exact) mass is 518 g/mol. The van der Waals surface area contributed by atoms with Gasteiger partial charge in [0.1, 0.15) is 0 Å². The number of hydrogen-bond donors (Lipinski definition) is 3. The summed E-state index contributed by atoms with van der Waals surface area (Å²) in [7, 11) is 0. The van der Waals surface area contributed by atoms with Crippen molar-refractivity contribution in [2.24, 2.45) is 10.9 Å². The van der Waals surface area contributed by atoms with E-state index in [0.717, 1.165) is 39.2 Å². The van der Waals surface area contributed by atoms with Gasteiger partial charge in [0.05, 0.1) is 10.7 Å². The molecule has 0 spiro atoms. The largest absolute Gasteiger partial charge is 0.399 e. The Hall–Kier alpha value is -3.61. The standard InChI is InChI=1S/C31H26N4S2/c1-14-4-6-17(7-5-14)22-12-20-28(33)24-15(2)27-25(16(3)26(24)30(20)36-22)29(35-34)21-13-23(37-31(21)27)18-8-10-19(32)11-9-18/h4-12,23,33H,13,32,34H2,1-3H3/b33-28?,35-29+/t23-/m0/s1. The van der Waals surface area contributed by atoms with Gasteiger partial charge in [-0.25, -0.2) is 0 Å². The van der Waals surface area contributed by atoms with E-state index >= 15 is 0 Å². The van der Waals surface area contributed by atoms with Crippen molar-refractivity contribution in [1.29, 1.82) is 5.41 Å². The molecule has 0 saturated heterocycles. The zero-order valence-corrected chi connectivity index (χ0v) is 22.5. The van der Waals surface area contributed by atoms with Crippen LogP contribution in [0.4, 0.5) is 5.69 Å². The molecule has 6 aromatic rings. The van der Waals surface area contributed by atoms with Gasteiger partial charge in [0.15, 0.2) is 0 Å². The highest BCUT2D eigenvalue weighted by atomic mass is 32.2. The first-order chi connectivity index (χ1) is 17.9. The summed E-state index contributed by atoms with van der Waals surface area (Å²) < 4.78 is 1.19. The van der Waals surface area contributed by atoms with Crippen molar-refractivity contribution in [3.63, 3.8) is 0 Å². The number of nitrogens with one attached hydrogen (secondary N) is 1. The van der Waals surface area contributed by atoms with Crippen LogP contribution in [0.2, 0.25) is 0 Å². The molecule has 1 atom stereocenters. The lowest BCUT2D eigenvalue weighted by atomic mass is 9.98. The van der Waals surface area contributed by atoms with Crippen LogP contribution < -0.4 is 22.3 Å². The van der Waals surface area contributed by atoms with Gasteiger partial charge in [-0.3, -0.25) is 5.41 Å². The molecule has 4 nitrogen and oxygen atoms in total. The van der Waals surface area contributed by atoms with E-state index in [2.05, 4.69) is 68.3 Å². The van der Waals surface area contributed by atoms with Gasteiger partial charge in [-0.15, -0.1) is 23.1 Å². The van der Waals surface area contributed by atoms with Crippen LogP contribution in [0.5, 0.6) is 0 Å². The van der Waals surface area contributed by atoms with Gasteiger partial charge in [-0.05, 0) is 73.2 Å². The predicted molar refractivity (Wildman–Crippen MR) is 158 cm³/mol. The van der Waals surface area contributed by atoms with E-state index in [1.807, 2.05) is 23.9 Å². The zero-order valence-electron chi connectivity index (χ0n) is 20.9. The molecule has 1 aliphatic rings. The SMILES string of the molecule is Cc1ccc(-c2cc3c(=N)c4c(C)c5c6c(/c(=N\N)c5c(C)c4c3s2)C[C@@H](c2ccc(N)cc2)S6)cc1. The molecule has 0 bridgehead atoms. The first-order valence-electron chi connectivity index (χ1n) is 12.4. The van der Waals surface area contributed by atoms with Gasteiger partial charge in [-0.2, -0.15) is 5.10 Å². The van der Waals surface area contributed by atoms with Gasteiger partial charge >= 0.3 is 0 Å². The predicted octanol–water partition coefficient (Wildman–Crippen LogP) is 6.90. The van der Waals surface area contributed by atoms with Crippen LogP contribution in [0.25, 0.3) is 42.1 Å². The van der Waals surface area contributed by atoms with E-state index in [1.54, 1.807) is 11.3 Å². The molecule has 182 valence electrons. The van der Waals surface area contributed by atoms with Crippen molar-refractivity contribution in [3.8, 4) is 10.4 Å². The lowest BCUT2D eigenvalue weighted by Crippen LogP contribution is -2.11. The van der Waals surface area contributed by atoms with Crippen LogP contribution in [-0.4, -0.2) is 0 Å². The molecule has 5 aromatic carbocycles. The molecule has 7 rings (SSSR count). The summed E-state index contributed by atoms with van der Waals surface area (Å²) >= 11 is 3.68. The molecule has 0 radical (unpaired) electrons. The third-order valence-electron chi connectivity index (χ3n) is 7.93. The van der Waals surface area contributed by atoms with Crippen LogP contribution in [0, 0.1) is 26.2 Å². The van der Waals surface area contributed by atoms with Gasteiger partial charge in [0.2, 0.25) is 0 Å². The highest BCUT2D eigenvalue weighted by Crippen LogP contribution is 2.52. The fourth-order valence-corrected chi connectivity index (χ4v) is 8.87. The number of nitrogens with zero attached hydrogens (tertiary/aromatic N) is 1. The van der Waals surface area contributed by atoms with E-state index in [0.29, 0.717) is 10.6 Å². The molecule has 0 aliphatic carbocycles. The van der Waals surface area contributed by atoms with Gasteiger partial charge in [0.25, 0.3) is 0 Å². The average Bonchev–Trinajstić information content (AvgIpc) is 3.63. The highest BCUT2D eigenvalue weighted by Gasteiger charge is 2.32. The molecular weight excluding hydrogens is 493 g/mol. The molecule has 2 heterocycles. The molecule has 6 heteroatoms. The van der Waals surface area contributed by atoms with E-state index in [-0.39, 0.29) is 0 Å². The molecule has 0 saturated carbocycles. The Morgan fingerprint density at radius 1 is 0.892 bits per heavy atom. The number of hydrogen-bond acceptors (Lipinski definition) is 6. The van der Waals surface area contributed by atoms with Crippen molar-refractivity contribution < 1.29 is 0 Å². The number of benzene rings is 3. The van der Waals surface area contributed by atoms with Gasteiger partial charge in [-0.1, -0.05) is 42.0 Å². The number of thioether (sulfide) groups is 1. The molecule has 0 unspecified atom stereocenters. The summed E-state index contributed by atoms with van der Waals surface area (Å²) in [5, 5.41) is 21.1.